The molecular weight excluding hydrogens is 220 g/mol. The third kappa shape index (κ3) is 1.35. The Kier molecular flexibility index (Phi) is 2.54. The average molecular weight is 231 g/mol. The normalized spacial score (nSPS) is 18.7. The van der Waals surface area contributed by atoms with Crippen LogP contribution in [0.3, 0.4) is 0 Å². The maximum atomic E-state index is 11.7. The lowest BCUT2D eigenvalue weighted by Crippen LogP contribution is -2.42. The van der Waals surface area contributed by atoms with E-state index in [9.17, 15) is 4.79 Å². The molecule has 76 valence electrons. The van der Waals surface area contributed by atoms with Crippen LogP contribution in [0.2, 0.25) is 4.34 Å². The monoisotopic (exact) mass is 230 g/mol. The number of esters is 1. The highest BCUT2D eigenvalue weighted by Crippen LogP contribution is 2.47. The van der Waals surface area contributed by atoms with Gasteiger partial charge in [0.15, 0.2) is 0 Å². The van der Waals surface area contributed by atoms with Gasteiger partial charge in [0.1, 0.15) is 5.41 Å². The fourth-order valence-corrected chi connectivity index (χ4v) is 3.13. The van der Waals surface area contributed by atoms with E-state index in [2.05, 4.69) is 0 Å². The fraction of sp³-hybridized carbons (Fsp3) is 0.500. The highest BCUT2D eigenvalue weighted by atomic mass is 35.5. The summed E-state index contributed by atoms with van der Waals surface area (Å²) in [6.45, 7) is 0. The topological polar surface area (TPSA) is 26.3 Å². The zero-order valence-corrected chi connectivity index (χ0v) is 9.45. The lowest BCUT2D eigenvalue weighted by molar-refractivity contribution is -0.151. The summed E-state index contributed by atoms with van der Waals surface area (Å²) in [5.74, 6) is -0.123. The molecule has 0 atom stereocenters. The Hall–Kier alpha value is -0.540. The lowest BCUT2D eigenvalue weighted by atomic mass is 9.68. The second-order valence-electron chi connectivity index (χ2n) is 3.53. The first-order valence-electron chi connectivity index (χ1n) is 4.53. The number of hydrogen-bond acceptors (Lipinski definition) is 3. The van der Waals surface area contributed by atoms with Crippen molar-refractivity contribution in [2.24, 2.45) is 0 Å². The van der Waals surface area contributed by atoms with Crippen molar-refractivity contribution in [1.82, 2.24) is 0 Å². The van der Waals surface area contributed by atoms with Crippen LogP contribution in [0.15, 0.2) is 12.1 Å². The minimum absolute atomic E-state index is 0.123. The van der Waals surface area contributed by atoms with Gasteiger partial charge < -0.3 is 4.74 Å². The Morgan fingerprint density at radius 2 is 2.29 bits per heavy atom. The smallest absolute Gasteiger partial charge is 0.317 e. The summed E-state index contributed by atoms with van der Waals surface area (Å²) >= 11 is 7.34. The van der Waals surface area contributed by atoms with E-state index in [1.54, 1.807) is 0 Å². The molecule has 2 nitrogen and oxygen atoms in total. The van der Waals surface area contributed by atoms with Crippen molar-refractivity contribution in [2.45, 2.75) is 24.7 Å². The molecule has 0 spiro atoms. The minimum atomic E-state index is -0.382. The third-order valence-corrected chi connectivity index (χ3v) is 4.26. The van der Waals surface area contributed by atoms with Crippen molar-refractivity contribution in [1.29, 1.82) is 0 Å². The van der Waals surface area contributed by atoms with Crippen molar-refractivity contribution in [3.8, 4) is 0 Å². The Labute approximate surface area is 91.8 Å². The number of ether oxygens (including phenoxy) is 1. The van der Waals surface area contributed by atoms with E-state index in [0.717, 1.165) is 28.5 Å². The van der Waals surface area contributed by atoms with Crippen LogP contribution in [-0.4, -0.2) is 13.1 Å². The van der Waals surface area contributed by atoms with Gasteiger partial charge in [0.2, 0.25) is 0 Å². The molecule has 1 aromatic heterocycles. The highest BCUT2D eigenvalue weighted by Gasteiger charge is 2.47. The average Bonchev–Trinajstić information content (AvgIpc) is 2.50. The van der Waals surface area contributed by atoms with Crippen LogP contribution in [0, 0.1) is 0 Å². The molecule has 0 amide bonds. The summed E-state index contributed by atoms with van der Waals surface area (Å²) in [5.41, 5.74) is -0.382. The number of halogens is 1. The van der Waals surface area contributed by atoms with Gasteiger partial charge in [0.05, 0.1) is 11.4 Å². The van der Waals surface area contributed by atoms with Gasteiger partial charge in [0.25, 0.3) is 0 Å². The van der Waals surface area contributed by atoms with E-state index in [1.807, 2.05) is 12.1 Å². The van der Waals surface area contributed by atoms with E-state index in [-0.39, 0.29) is 11.4 Å². The summed E-state index contributed by atoms with van der Waals surface area (Å²) in [5, 5.41) is 0. The molecule has 1 aromatic rings. The molecule has 1 heterocycles. The van der Waals surface area contributed by atoms with Crippen LogP contribution in [0.1, 0.15) is 24.1 Å². The summed E-state index contributed by atoms with van der Waals surface area (Å²) in [7, 11) is 1.44. The zero-order chi connectivity index (χ0) is 10.2. The summed E-state index contributed by atoms with van der Waals surface area (Å²) in [4.78, 5) is 12.7. The molecule has 0 unspecified atom stereocenters. The quantitative estimate of drug-likeness (QED) is 0.731. The standard InChI is InChI=1S/C10H11ClO2S/c1-13-9(12)10(5-2-6-10)7-3-4-8(11)14-7/h3-4H,2,5-6H2,1H3. The van der Waals surface area contributed by atoms with Crippen LogP contribution in [0.5, 0.6) is 0 Å². The van der Waals surface area contributed by atoms with Crippen LogP contribution in [-0.2, 0) is 14.9 Å². The molecule has 14 heavy (non-hydrogen) atoms. The van der Waals surface area contributed by atoms with E-state index < -0.39 is 0 Å². The molecule has 0 aromatic carbocycles. The van der Waals surface area contributed by atoms with Gasteiger partial charge in [-0.3, -0.25) is 4.79 Å². The predicted octanol–water partition coefficient (Wildman–Crippen LogP) is 3.00. The molecule has 0 N–H and O–H groups in total. The molecule has 2 rings (SSSR count). The summed E-state index contributed by atoms with van der Waals surface area (Å²) < 4.78 is 5.58. The highest BCUT2D eigenvalue weighted by molar-refractivity contribution is 7.16. The predicted molar refractivity (Wildman–Crippen MR) is 56.9 cm³/mol. The van der Waals surface area contributed by atoms with E-state index in [1.165, 1.54) is 18.4 Å². The largest absolute Gasteiger partial charge is 0.468 e. The van der Waals surface area contributed by atoms with Gasteiger partial charge in [-0.15, -0.1) is 11.3 Å². The molecule has 1 aliphatic rings. The number of thiophene rings is 1. The molecular formula is C10H11ClO2S. The molecule has 0 saturated heterocycles. The van der Waals surface area contributed by atoms with Crippen molar-refractivity contribution >= 4 is 28.9 Å². The number of carbonyl (C=O) groups is 1. The molecule has 4 heteroatoms. The molecule has 0 radical (unpaired) electrons. The number of carbonyl (C=O) groups excluding carboxylic acids is 1. The fourth-order valence-electron chi connectivity index (χ4n) is 1.85. The van der Waals surface area contributed by atoms with Gasteiger partial charge >= 0.3 is 5.97 Å². The Bertz CT molecular complexity index is 355. The summed E-state index contributed by atoms with van der Waals surface area (Å²) in [6.07, 6.45) is 2.86. The minimum Gasteiger partial charge on any atom is -0.468 e. The van der Waals surface area contributed by atoms with Gasteiger partial charge in [-0.25, -0.2) is 0 Å². The molecule has 1 aliphatic carbocycles. The Morgan fingerprint density at radius 1 is 1.57 bits per heavy atom. The Balaban J connectivity index is 2.33. The van der Waals surface area contributed by atoms with Gasteiger partial charge in [0, 0.05) is 4.88 Å². The SMILES string of the molecule is COC(=O)C1(c2ccc(Cl)s2)CCC1. The van der Waals surface area contributed by atoms with E-state index >= 15 is 0 Å². The maximum Gasteiger partial charge on any atom is 0.317 e. The number of methoxy groups -OCH3 is 1. The van der Waals surface area contributed by atoms with Gasteiger partial charge in [-0.2, -0.15) is 0 Å². The Morgan fingerprint density at radius 3 is 2.64 bits per heavy atom. The van der Waals surface area contributed by atoms with Crippen LogP contribution < -0.4 is 0 Å². The van der Waals surface area contributed by atoms with E-state index in [0.29, 0.717) is 0 Å². The van der Waals surface area contributed by atoms with Crippen molar-refractivity contribution in [3.63, 3.8) is 0 Å². The number of rotatable bonds is 2. The summed E-state index contributed by atoms with van der Waals surface area (Å²) in [6, 6.07) is 3.77. The van der Waals surface area contributed by atoms with Crippen molar-refractivity contribution < 1.29 is 9.53 Å². The molecule has 0 aliphatic heterocycles. The zero-order valence-electron chi connectivity index (χ0n) is 7.88. The second-order valence-corrected chi connectivity index (χ2v) is 5.25. The first-order chi connectivity index (χ1) is 6.69. The first-order valence-corrected chi connectivity index (χ1v) is 5.73. The second kappa shape index (κ2) is 3.55. The van der Waals surface area contributed by atoms with E-state index in [4.69, 9.17) is 16.3 Å². The maximum absolute atomic E-state index is 11.7. The van der Waals surface area contributed by atoms with Crippen molar-refractivity contribution in [2.75, 3.05) is 7.11 Å². The van der Waals surface area contributed by atoms with Crippen molar-refractivity contribution in [3.05, 3.63) is 21.3 Å². The molecule has 1 saturated carbocycles. The molecule has 1 fully saturated rings. The molecule has 0 bridgehead atoms. The third-order valence-electron chi connectivity index (χ3n) is 2.83. The number of hydrogen-bond donors (Lipinski definition) is 0. The van der Waals surface area contributed by atoms with Crippen LogP contribution >= 0.6 is 22.9 Å². The van der Waals surface area contributed by atoms with Gasteiger partial charge in [-0.05, 0) is 25.0 Å². The van der Waals surface area contributed by atoms with Crippen LogP contribution in [0.4, 0.5) is 0 Å². The van der Waals surface area contributed by atoms with Crippen LogP contribution in [0.25, 0.3) is 0 Å². The lowest BCUT2D eigenvalue weighted by Gasteiger charge is -2.37. The van der Waals surface area contributed by atoms with Gasteiger partial charge in [-0.1, -0.05) is 18.0 Å². The first kappa shape index (κ1) is 9.99.